The lowest BCUT2D eigenvalue weighted by atomic mass is 10.00. The quantitative estimate of drug-likeness (QED) is 0.798. The standard InChI is InChI=1S/C14H19ClFN/c1-2-17-14(8-5-10-3-4-10)12-7-6-11(15)9-13(12)16/h6-7,9-10,14,17H,2-5,8H2,1H3. The van der Waals surface area contributed by atoms with Crippen LogP contribution in [-0.4, -0.2) is 6.54 Å². The second kappa shape index (κ2) is 5.83. The molecule has 1 aliphatic carbocycles. The summed E-state index contributed by atoms with van der Waals surface area (Å²) in [7, 11) is 0. The average Bonchev–Trinajstić information content (AvgIpc) is 3.09. The molecule has 3 heteroatoms. The van der Waals surface area contributed by atoms with Crippen LogP contribution in [0.4, 0.5) is 4.39 Å². The monoisotopic (exact) mass is 255 g/mol. The van der Waals surface area contributed by atoms with E-state index < -0.39 is 0 Å². The smallest absolute Gasteiger partial charge is 0.129 e. The van der Waals surface area contributed by atoms with Crippen molar-refractivity contribution < 1.29 is 4.39 Å². The Hall–Kier alpha value is -0.600. The zero-order valence-corrected chi connectivity index (χ0v) is 10.9. The van der Waals surface area contributed by atoms with Crippen LogP contribution in [0.3, 0.4) is 0 Å². The second-order valence-corrected chi connectivity index (χ2v) is 5.23. The summed E-state index contributed by atoms with van der Waals surface area (Å²) in [6.07, 6.45) is 4.90. The zero-order chi connectivity index (χ0) is 12.3. The number of rotatable bonds is 6. The zero-order valence-electron chi connectivity index (χ0n) is 10.2. The lowest BCUT2D eigenvalue weighted by Gasteiger charge is -2.19. The van der Waals surface area contributed by atoms with E-state index in [-0.39, 0.29) is 11.9 Å². The van der Waals surface area contributed by atoms with Crippen LogP contribution >= 0.6 is 11.6 Å². The van der Waals surface area contributed by atoms with Crippen molar-refractivity contribution in [1.82, 2.24) is 5.32 Å². The Morgan fingerprint density at radius 3 is 2.82 bits per heavy atom. The largest absolute Gasteiger partial charge is 0.310 e. The Morgan fingerprint density at radius 2 is 2.24 bits per heavy atom. The molecule has 0 aliphatic heterocycles. The topological polar surface area (TPSA) is 12.0 Å². The van der Waals surface area contributed by atoms with Gasteiger partial charge in [-0.1, -0.05) is 37.4 Å². The van der Waals surface area contributed by atoms with Crippen LogP contribution in [0.25, 0.3) is 0 Å². The molecule has 0 aromatic heterocycles. The number of hydrogen-bond donors (Lipinski definition) is 1. The molecule has 1 fully saturated rings. The molecule has 1 aromatic rings. The summed E-state index contributed by atoms with van der Waals surface area (Å²) in [5, 5.41) is 3.82. The molecule has 0 spiro atoms. The molecule has 0 saturated heterocycles. The second-order valence-electron chi connectivity index (χ2n) is 4.80. The number of benzene rings is 1. The fourth-order valence-electron chi connectivity index (χ4n) is 2.21. The lowest BCUT2D eigenvalue weighted by Crippen LogP contribution is -2.22. The SMILES string of the molecule is CCNC(CCC1CC1)c1ccc(Cl)cc1F. The molecule has 1 aromatic carbocycles. The third kappa shape index (κ3) is 3.68. The fourth-order valence-corrected chi connectivity index (χ4v) is 2.37. The highest BCUT2D eigenvalue weighted by Crippen LogP contribution is 2.36. The molecule has 1 unspecified atom stereocenters. The summed E-state index contributed by atoms with van der Waals surface area (Å²) in [5.74, 6) is 0.686. The summed E-state index contributed by atoms with van der Waals surface area (Å²) in [6, 6.07) is 5.09. The van der Waals surface area contributed by atoms with Gasteiger partial charge in [0.2, 0.25) is 0 Å². The van der Waals surface area contributed by atoms with Gasteiger partial charge in [-0.3, -0.25) is 0 Å². The molecule has 17 heavy (non-hydrogen) atoms. The molecule has 0 radical (unpaired) electrons. The van der Waals surface area contributed by atoms with Gasteiger partial charge in [0.25, 0.3) is 0 Å². The van der Waals surface area contributed by atoms with E-state index in [2.05, 4.69) is 12.2 Å². The summed E-state index contributed by atoms with van der Waals surface area (Å²) < 4.78 is 13.8. The molecule has 1 saturated carbocycles. The first kappa shape index (κ1) is 12.8. The highest BCUT2D eigenvalue weighted by atomic mass is 35.5. The molecular weight excluding hydrogens is 237 g/mol. The van der Waals surface area contributed by atoms with Gasteiger partial charge in [-0.05, 0) is 37.4 Å². The minimum absolute atomic E-state index is 0.123. The van der Waals surface area contributed by atoms with E-state index in [9.17, 15) is 4.39 Å². The van der Waals surface area contributed by atoms with Crippen molar-refractivity contribution in [2.45, 2.75) is 38.6 Å². The minimum Gasteiger partial charge on any atom is -0.310 e. The summed E-state index contributed by atoms with van der Waals surface area (Å²) in [6.45, 7) is 2.91. The van der Waals surface area contributed by atoms with Gasteiger partial charge in [0, 0.05) is 16.6 Å². The molecule has 2 rings (SSSR count). The first-order valence-electron chi connectivity index (χ1n) is 6.39. The van der Waals surface area contributed by atoms with Crippen molar-refractivity contribution in [1.29, 1.82) is 0 Å². The van der Waals surface area contributed by atoms with Gasteiger partial charge in [0.15, 0.2) is 0 Å². The predicted octanol–water partition coefficient (Wildman–Crippen LogP) is 4.32. The van der Waals surface area contributed by atoms with Crippen molar-refractivity contribution >= 4 is 11.6 Å². The maximum absolute atomic E-state index is 13.8. The predicted molar refractivity (Wildman–Crippen MR) is 69.8 cm³/mol. The molecule has 94 valence electrons. The Bertz CT molecular complexity index is 376. The van der Waals surface area contributed by atoms with Crippen LogP contribution in [0, 0.1) is 11.7 Å². The molecule has 1 atom stereocenters. The Balaban J connectivity index is 2.06. The van der Waals surface area contributed by atoms with Gasteiger partial charge >= 0.3 is 0 Å². The van der Waals surface area contributed by atoms with E-state index in [0.29, 0.717) is 5.02 Å². The molecule has 0 amide bonds. The van der Waals surface area contributed by atoms with Crippen molar-refractivity contribution in [3.05, 3.63) is 34.6 Å². The maximum Gasteiger partial charge on any atom is 0.129 e. The van der Waals surface area contributed by atoms with Crippen molar-refractivity contribution in [3.63, 3.8) is 0 Å². The van der Waals surface area contributed by atoms with Gasteiger partial charge in [0.1, 0.15) is 5.82 Å². The van der Waals surface area contributed by atoms with Crippen LogP contribution in [0.15, 0.2) is 18.2 Å². The maximum atomic E-state index is 13.8. The van der Waals surface area contributed by atoms with Crippen LogP contribution in [0.1, 0.15) is 44.2 Å². The third-order valence-electron chi connectivity index (χ3n) is 3.35. The van der Waals surface area contributed by atoms with Crippen LogP contribution in [-0.2, 0) is 0 Å². The summed E-state index contributed by atoms with van der Waals surface area (Å²) in [4.78, 5) is 0. The molecule has 0 bridgehead atoms. The van der Waals surface area contributed by atoms with E-state index in [1.165, 1.54) is 25.3 Å². The number of nitrogens with one attached hydrogen (secondary N) is 1. The van der Waals surface area contributed by atoms with Crippen LogP contribution in [0.2, 0.25) is 5.02 Å². The molecule has 0 heterocycles. The van der Waals surface area contributed by atoms with Gasteiger partial charge in [0.05, 0.1) is 0 Å². The first-order valence-corrected chi connectivity index (χ1v) is 6.76. The van der Waals surface area contributed by atoms with Crippen LogP contribution < -0.4 is 5.32 Å². The molecular formula is C14H19ClFN. The van der Waals surface area contributed by atoms with E-state index >= 15 is 0 Å². The lowest BCUT2D eigenvalue weighted by molar-refractivity contribution is 0.460. The summed E-state index contributed by atoms with van der Waals surface area (Å²) in [5.41, 5.74) is 0.747. The molecule has 1 N–H and O–H groups in total. The molecule has 1 nitrogen and oxygen atoms in total. The average molecular weight is 256 g/mol. The first-order chi connectivity index (χ1) is 8.20. The fraction of sp³-hybridized carbons (Fsp3) is 0.571. The van der Waals surface area contributed by atoms with Crippen molar-refractivity contribution in [2.24, 2.45) is 5.92 Å². The third-order valence-corrected chi connectivity index (χ3v) is 3.58. The van der Waals surface area contributed by atoms with Crippen molar-refractivity contribution in [2.75, 3.05) is 6.54 Å². The summed E-state index contributed by atoms with van der Waals surface area (Å²) >= 11 is 5.78. The number of halogens is 2. The van der Waals surface area contributed by atoms with Crippen molar-refractivity contribution in [3.8, 4) is 0 Å². The Kier molecular flexibility index (Phi) is 4.41. The van der Waals surface area contributed by atoms with E-state index in [0.717, 1.165) is 24.4 Å². The highest BCUT2D eigenvalue weighted by molar-refractivity contribution is 6.30. The van der Waals surface area contributed by atoms with Gasteiger partial charge in [-0.2, -0.15) is 0 Å². The highest BCUT2D eigenvalue weighted by Gasteiger charge is 2.23. The van der Waals surface area contributed by atoms with E-state index in [1.54, 1.807) is 12.1 Å². The minimum atomic E-state index is -0.195. The number of hydrogen-bond acceptors (Lipinski definition) is 1. The Labute approximate surface area is 107 Å². The van der Waals surface area contributed by atoms with Gasteiger partial charge < -0.3 is 5.32 Å². The van der Waals surface area contributed by atoms with E-state index in [1.807, 2.05) is 0 Å². The van der Waals surface area contributed by atoms with Crippen LogP contribution in [0.5, 0.6) is 0 Å². The normalized spacial score (nSPS) is 17.1. The van der Waals surface area contributed by atoms with E-state index in [4.69, 9.17) is 11.6 Å². The Morgan fingerprint density at radius 1 is 1.47 bits per heavy atom. The van der Waals surface area contributed by atoms with Gasteiger partial charge in [-0.15, -0.1) is 0 Å². The molecule has 1 aliphatic rings. The van der Waals surface area contributed by atoms with Gasteiger partial charge in [-0.25, -0.2) is 4.39 Å².